The van der Waals surface area contributed by atoms with Gasteiger partial charge >= 0.3 is 0 Å². The summed E-state index contributed by atoms with van der Waals surface area (Å²) in [7, 11) is 3.20. The maximum atomic E-state index is 13.3. The van der Waals surface area contributed by atoms with Gasteiger partial charge in [0.2, 0.25) is 11.8 Å². The first kappa shape index (κ1) is 26.3. The number of carbonyl (C=O) groups excluding carboxylic acids is 2. The van der Waals surface area contributed by atoms with Crippen molar-refractivity contribution in [2.75, 3.05) is 27.3 Å². The number of ether oxygens (including phenoxy) is 2. The predicted molar refractivity (Wildman–Crippen MR) is 128 cm³/mol. The van der Waals surface area contributed by atoms with E-state index in [-0.39, 0.29) is 29.8 Å². The van der Waals surface area contributed by atoms with E-state index in [0.29, 0.717) is 43.2 Å². The maximum absolute atomic E-state index is 13.3. The quantitative estimate of drug-likeness (QED) is 0.494. The Kier molecular flexibility index (Phi) is 9.38. The van der Waals surface area contributed by atoms with Crippen molar-refractivity contribution in [2.24, 2.45) is 5.41 Å². The molecule has 1 aromatic carbocycles. The van der Waals surface area contributed by atoms with Gasteiger partial charge in [-0.3, -0.25) is 9.59 Å². The monoisotopic (exact) mass is 458 g/mol. The van der Waals surface area contributed by atoms with Gasteiger partial charge in [0.15, 0.2) is 11.5 Å². The van der Waals surface area contributed by atoms with Gasteiger partial charge in [0.1, 0.15) is 5.76 Å². The summed E-state index contributed by atoms with van der Waals surface area (Å²) in [6.45, 7) is 10.8. The molecule has 1 heterocycles. The fraction of sp³-hybridized carbons (Fsp3) is 0.538. The van der Waals surface area contributed by atoms with Crippen molar-refractivity contribution >= 4 is 11.8 Å². The van der Waals surface area contributed by atoms with Gasteiger partial charge < -0.3 is 23.7 Å². The second-order valence-electron chi connectivity index (χ2n) is 9.69. The summed E-state index contributed by atoms with van der Waals surface area (Å²) >= 11 is 0. The summed E-state index contributed by atoms with van der Waals surface area (Å²) in [6, 6.07) is 9.33. The summed E-state index contributed by atoms with van der Waals surface area (Å²) in [5, 5.41) is 0. The fourth-order valence-electron chi connectivity index (χ4n) is 3.54. The first-order chi connectivity index (χ1) is 15.5. The molecule has 0 unspecified atom stereocenters. The van der Waals surface area contributed by atoms with E-state index in [9.17, 15) is 9.59 Å². The summed E-state index contributed by atoms with van der Waals surface area (Å²) in [4.78, 5) is 29.7. The van der Waals surface area contributed by atoms with Crippen LogP contribution in [0.2, 0.25) is 0 Å². The number of carbonyl (C=O) groups is 2. The van der Waals surface area contributed by atoms with Gasteiger partial charge in [-0.15, -0.1) is 0 Å². The third-order valence-electron chi connectivity index (χ3n) is 5.33. The van der Waals surface area contributed by atoms with Crippen molar-refractivity contribution in [1.29, 1.82) is 0 Å². The lowest BCUT2D eigenvalue weighted by Gasteiger charge is -2.32. The van der Waals surface area contributed by atoms with Crippen LogP contribution in [0.4, 0.5) is 0 Å². The second kappa shape index (κ2) is 11.8. The van der Waals surface area contributed by atoms with Crippen LogP contribution in [0.5, 0.6) is 11.5 Å². The molecule has 0 aliphatic heterocycles. The second-order valence-corrected chi connectivity index (χ2v) is 9.69. The highest BCUT2D eigenvalue weighted by molar-refractivity contribution is 5.85. The minimum absolute atomic E-state index is 0.0105. The molecular formula is C26H38N2O5. The number of rotatable bonds is 11. The lowest BCUT2D eigenvalue weighted by Crippen LogP contribution is -2.46. The molecule has 182 valence electrons. The van der Waals surface area contributed by atoms with Crippen molar-refractivity contribution in [3.63, 3.8) is 0 Å². The van der Waals surface area contributed by atoms with Crippen molar-refractivity contribution in [3.8, 4) is 11.5 Å². The van der Waals surface area contributed by atoms with Crippen molar-refractivity contribution < 1.29 is 23.5 Å². The minimum atomic E-state index is -0.144. The molecule has 7 heteroatoms. The lowest BCUT2D eigenvalue weighted by atomic mass is 9.91. The number of benzene rings is 1. The van der Waals surface area contributed by atoms with Crippen molar-refractivity contribution in [3.05, 3.63) is 47.9 Å². The van der Waals surface area contributed by atoms with Crippen LogP contribution >= 0.6 is 0 Å². The summed E-state index contributed by atoms with van der Waals surface area (Å²) in [6.07, 6.45) is 2.62. The van der Waals surface area contributed by atoms with Gasteiger partial charge in [0.25, 0.3) is 0 Å². The van der Waals surface area contributed by atoms with Crippen LogP contribution in [-0.2, 0) is 22.6 Å². The Balaban J connectivity index is 2.16. The van der Waals surface area contributed by atoms with E-state index in [2.05, 4.69) is 0 Å². The van der Waals surface area contributed by atoms with Crippen LogP contribution in [0, 0.1) is 5.41 Å². The number of furan rings is 1. The highest BCUT2D eigenvalue weighted by atomic mass is 16.5. The smallest absolute Gasteiger partial charge is 0.242 e. The maximum Gasteiger partial charge on any atom is 0.242 e. The Bertz CT molecular complexity index is 900. The first-order valence-corrected chi connectivity index (χ1v) is 11.3. The Morgan fingerprint density at radius 2 is 1.73 bits per heavy atom. The molecule has 0 aliphatic rings. The number of methoxy groups -OCH3 is 2. The largest absolute Gasteiger partial charge is 0.493 e. The average molecular weight is 459 g/mol. The summed E-state index contributed by atoms with van der Waals surface area (Å²) < 4.78 is 16.2. The zero-order chi connectivity index (χ0) is 24.6. The molecular weight excluding hydrogens is 420 g/mol. The molecule has 0 bridgehead atoms. The van der Waals surface area contributed by atoms with Gasteiger partial charge in [-0.2, -0.15) is 0 Å². The highest BCUT2D eigenvalue weighted by Gasteiger charge is 2.27. The number of nitrogens with zero attached hydrogens (tertiary/aromatic N) is 2. The van der Waals surface area contributed by atoms with E-state index >= 15 is 0 Å². The highest BCUT2D eigenvalue weighted by Crippen LogP contribution is 2.28. The lowest BCUT2D eigenvalue weighted by molar-refractivity contribution is -0.143. The van der Waals surface area contributed by atoms with Crippen LogP contribution < -0.4 is 9.47 Å². The normalized spacial score (nSPS) is 11.4. The van der Waals surface area contributed by atoms with E-state index in [1.807, 2.05) is 58.9 Å². The third kappa shape index (κ3) is 8.15. The molecule has 0 saturated carbocycles. The van der Waals surface area contributed by atoms with Gasteiger partial charge in [-0.1, -0.05) is 26.8 Å². The van der Waals surface area contributed by atoms with Gasteiger partial charge in [-0.05, 0) is 55.5 Å². The molecule has 0 spiro atoms. The van der Waals surface area contributed by atoms with Crippen LogP contribution in [0.1, 0.15) is 52.4 Å². The SMILES string of the molecule is COc1ccc(CCN(Cc2ccco2)C(=O)CN(C(=O)CC(C)(C)C)C(C)C)cc1OC. The molecule has 1 aromatic heterocycles. The Hall–Kier alpha value is -2.96. The molecule has 0 saturated heterocycles. The molecule has 0 fully saturated rings. The predicted octanol–water partition coefficient (Wildman–Crippen LogP) is 4.54. The van der Waals surface area contributed by atoms with Crippen LogP contribution in [0.3, 0.4) is 0 Å². The molecule has 7 nitrogen and oxygen atoms in total. The fourth-order valence-corrected chi connectivity index (χ4v) is 3.54. The Labute approximate surface area is 197 Å². The molecule has 0 atom stereocenters. The standard InChI is InChI=1S/C26H38N2O5/c1-19(2)28(24(29)16-26(3,4)5)18-25(30)27(17-21-9-8-14-33-21)13-12-20-10-11-22(31-6)23(15-20)32-7/h8-11,14-15,19H,12-13,16-18H2,1-7H3. The van der Waals surface area contributed by atoms with E-state index in [4.69, 9.17) is 13.9 Å². The van der Waals surface area contributed by atoms with Gasteiger partial charge in [-0.25, -0.2) is 0 Å². The summed E-state index contributed by atoms with van der Waals surface area (Å²) in [5.74, 6) is 1.90. The molecule has 0 radical (unpaired) electrons. The van der Waals surface area contributed by atoms with Gasteiger partial charge in [0, 0.05) is 19.0 Å². The van der Waals surface area contributed by atoms with E-state index in [0.717, 1.165) is 5.56 Å². The minimum Gasteiger partial charge on any atom is -0.493 e. The average Bonchev–Trinajstić information content (AvgIpc) is 3.26. The molecule has 2 aromatic rings. The van der Waals surface area contributed by atoms with E-state index in [1.54, 1.807) is 36.3 Å². The number of hydrogen-bond donors (Lipinski definition) is 0. The zero-order valence-corrected chi connectivity index (χ0v) is 21.0. The van der Waals surface area contributed by atoms with Crippen LogP contribution in [0.25, 0.3) is 0 Å². The van der Waals surface area contributed by atoms with Crippen molar-refractivity contribution in [2.45, 2.75) is 60.0 Å². The molecule has 2 rings (SSSR count). The zero-order valence-electron chi connectivity index (χ0n) is 21.0. The topological polar surface area (TPSA) is 72.2 Å². The molecule has 0 N–H and O–H groups in total. The van der Waals surface area contributed by atoms with Gasteiger partial charge in [0.05, 0.1) is 33.6 Å². The van der Waals surface area contributed by atoms with E-state index < -0.39 is 0 Å². The van der Waals surface area contributed by atoms with Crippen LogP contribution in [-0.4, -0.2) is 55.0 Å². The van der Waals surface area contributed by atoms with Crippen LogP contribution in [0.15, 0.2) is 41.0 Å². The number of hydrogen-bond acceptors (Lipinski definition) is 5. The molecule has 2 amide bonds. The van der Waals surface area contributed by atoms with E-state index in [1.165, 1.54) is 0 Å². The van der Waals surface area contributed by atoms with Crippen molar-refractivity contribution in [1.82, 2.24) is 9.80 Å². The molecule has 0 aliphatic carbocycles. The Morgan fingerprint density at radius 1 is 1.03 bits per heavy atom. The summed E-state index contributed by atoms with van der Waals surface area (Å²) in [5.41, 5.74) is 0.878. The third-order valence-corrected chi connectivity index (χ3v) is 5.33. The number of amides is 2. The first-order valence-electron chi connectivity index (χ1n) is 11.3. The molecule has 33 heavy (non-hydrogen) atoms. The Morgan fingerprint density at radius 3 is 2.27 bits per heavy atom.